The molecule has 1 saturated heterocycles. The molecule has 0 bridgehead atoms. The predicted molar refractivity (Wildman–Crippen MR) is 69.8 cm³/mol. The number of aliphatic carboxylic acids is 1. The number of hydrogen-bond donors (Lipinski definition) is 1. The van der Waals surface area contributed by atoms with Gasteiger partial charge >= 0.3 is 5.97 Å². The van der Waals surface area contributed by atoms with Crippen LogP contribution >= 0.6 is 0 Å². The molecule has 1 N–H and O–H groups in total. The third-order valence-corrected chi connectivity index (χ3v) is 3.51. The second-order valence-electron chi connectivity index (χ2n) is 4.82. The third-order valence-electron chi connectivity index (χ3n) is 3.51. The van der Waals surface area contributed by atoms with E-state index in [0.717, 1.165) is 19.3 Å². The molecule has 1 atom stereocenters. The van der Waals surface area contributed by atoms with Gasteiger partial charge < -0.3 is 10.0 Å². The first-order valence-electron chi connectivity index (χ1n) is 6.61. The molecule has 2 rings (SSSR count). The predicted octanol–water partition coefficient (Wildman–Crippen LogP) is 1.94. The van der Waals surface area contributed by atoms with Crippen LogP contribution in [-0.2, 0) is 4.79 Å². The molecule has 1 aromatic rings. The summed E-state index contributed by atoms with van der Waals surface area (Å²) in [5, 5.41) is 8.77. The fourth-order valence-corrected chi connectivity index (χ4v) is 2.52. The van der Waals surface area contributed by atoms with Crippen molar-refractivity contribution in [1.29, 1.82) is 0 Å². The lowest BCUT2D eigenvalue weighted by Crippen LogP contribution is -2.43. The van der Waals surface area contributed by atoms with E-state index in [2.05, 4.69) is 4.98 Å². The normalized spacial score (nSPS) is 19.2. The van der Waals surface area contributed by atoms with Crippen molar-refractivity contribution in [3.63, 3.8) is 0 Å². The van der Waals surface area contributed by atoms with Crippen LogP contribution in [0.25, 0.3) is 0 Å². The lowest BCUT2D eigenvalue weighted by Gasteiger charge is -2.35. The molecule has 1 aliphatic heterocycles. The van der Waals surface area contributed by atoms with Gasteiger partial charge in [-0.3, -0.25) is 14.6 Å². The topological polar surface area (TPSA) is 70.5 Å². The maximum Gasteiger partial charge on any atom is 0.303 e. The molecule has 5 heteroatoms. The van der Waals surface area contributed by atoms with E-state index < -0.39 is 5.97 Å². The van der Waals surface area contributed by atoms with Gasteiger partial charge in [0, 0.05) is 37.0 Å². The van der Waals surface area contributed by atoms with Crippen molar-refractivity contribution in [3.05, 3.63) is 30.1 Å². The van der Waals surface area contributed by atoms with Gasteiger partial charge in [-0.15, -0.1) is 0 Å². The van der Waals surface area contributed by atoms with E-state index in [4.69, 9.17) is 5.11 Å². The Balaban J connectivity index is 2.06. The van der Waals surface area contributed by atoms with Crippen molar-refractivity contribution in [2.45, 2.75) is 38.1 Å². The fraction of sp³-hybridized carbons (Fsp3) is 0.500. The SMILES string of the molecule is O=C(O)CC[C@H]1CCCCN1C(=O)c1ccncc1. The van der Waals surface area contributed by atoms with Crippen LogP contribution in [0.2, 0.25) is 0 Å². The zero-order valence-electron chi connectivity index (χ0n) is 10.8. The number of carbonyl (C=O) groups is 2. The van der Waals surface area contributed by atoms with E-state index in [9.17, 15) is 9.59 Å². The van der Waals surface area contributed by atoms with Crippen molar-refractivity contribution < 1.29 is 14.7 Å². The molecule has 1 fully saturated rings. The number of aromatic nitrogens is 1. The minimum atomic E-state index is -0.804. The Morgan fingerprint density at radius 1 is 1.32 bits per heavy atom. The number of amides is 1. The van der Waals surface area contributed by atoms with Gasteiger partial charge in [0.25, 0.3) is 5.91 Å². The Kier molecular flexibility index (Phi) is 4.49. The molecule has 19 heavy (non-hydrogen) atoms. The van der Waals surface area contributed by atoms with Crippen molar-refractivity contribution >= 4 is 11.9 Å². The quantitative estimate of drug-likeness (QED) is 0.900. The van der Waals surface area contributed by atoms with Crippen LogP contribution in [0.3, 0.4) is 0 Å². The summed E-state index contributed by atoms with van der Waals surface area (Å²) in [7, 11) is 0. The highest BCUT2D eigenvalue weighted by Gasteiger charge is 2.27. The number of nitrogens with zero attached hydrogens (tertiary/aromatic N) is 2. The maximum absolute atomic E-state index is 12.4. The highest BCUT2D eigenvalue weighted by Crippen LogP contribution is 2.22. The smallest absolute Gasteiger partial charge is 0.303 e. The zero-order valence-corrected chi connectivity index (χ0v) is 10.8. The molecule has 5 nitrogen and oxygen atoms in total. The summed E-state index contributed by atoms with van der Waals surface area (Å²) in [6, 6.07) is 3.45. The minimum absolute atomic E-state index is 0.0162. The second kappa shape index (κ2) is 6.31. The summed E-state index contributed by atoms with van der Waals surface area (Å²) >= 11 is 0. The van der Waals surface area contributed by atoms with Gasteiger partial charge in [-0.1, -0.05) is 0 Å². The van der Waals surface area contributed by atoms with E-state index in [0.29, 0.717) is 18.5 Å². The van der Waals surface area contributed by atoms with Gasteiger partial charge in [0.2, 0.25) is 0 Å². The van der Waals surface area contributed by atoms with Gasteiger partial charge in [-0.2, -0.15) is 0 Å². The minimum Gasteiger partial charge on any atom is -0.481 e. The molecule has 0 unspecified atom stereocenters. The molecule has 1 aromatic heterocycles. The number of carboxylic acid groups (broad SMARTS) is 1. The maximum atomic E-state index is 12.4. The number of piperidine rings is 1. The van der Waals surface area contributed by atoms with Crippen LogP contribution < -0.4 is 0 Å². The van der Waals surface area contributed by atoms with Crippen molar-refractivity contribution in [1.82, 2.24) is 9.88 Å². The van der Waals surface area contributed by atoms with Gasteiger partial charge in [0.05, 0.1) is 0 Å². The molecule has 1 amide bonds. The monoisotopic (exact) mass is 262 g/mol. The van der Waals surface area contributed by atoms with Crippen LogP contribution in [0.1, 0.15) is 42.5 Å². The molecule has 0 spiro atoms. The first kappa shape index (κ1) is 13.5. The van der Waals surface area contributed by atoms with Crippen LogP contribution in [0.15, 0.2) is 24.5 Å². The highest BCUT2D eigenvalue weighted by molar-refractivity contribution is 5.94. The summed E-state index contributed by atoms with van der Waals surface area (Å²) in [6.07, 6.45) is 6.79. The zero-order chi connectivity index (χ0) is 13.7. The van der Waals surface area contributed by atoms with Crippen molar-refractivity contribution in [2.75, 3.05) is 6.54 Å². The van der Waals surface area contributed by atoms with Gasteiger partial charge in [0.15, 0.2) is 0 Å². The number of pyridine rings is 1. The average molecular weight is 262 g/mol. The Morgan fingerprint density at radius 2 is 2.05 bits per heavy atom. The van der Waals surface area contributed by atoms with Gasteiger partial charge in [-0.05, 0) is 37.8 Å². The fourth-order valence-electron chi connectivity index (χ4n) is 2.52. The van der Waals surface area contributed by atoms with Crippen LogP contribution in [0, 0.1) is 0 Å². The van der Waals surface area contributed by atoms with Crippen molar-refractivity contribution in [2.24, 2.45) is 0 Å². The van der Waals surface area contributed by atoms with Gasteiger partial charge in [0.1, 0.15) is 0 Å². The van der Waals surface area contributed by atoms with Crippen LogP contribution in [-0.4, -0.2) is 39.5 Å². The number of carbonyl (C=O) groups excluding carboxylic acids is 1. The molecule has 0 radical (unpaired) electrons. The van der Waals surface area contributed by atoms with E-state index in [1.54, 1.807) is 24.5 Å². The Morgan fingerprint density at radius 3 is 2.74 bits per heavy atom. The number of likely N-dealkylation sites (tertiary alicyclic amines) is 1. The first-order valence-corrected chi connectivity index (χ1v) is 6.61. The summed E-state index contributed by atoms with van der Waals surface area (Å²) in [4.78, 5) is 28.8. The molecule has 0 saturated carbocycles. The van der Waals surface area contributed by atoms with Crippen LogP contribution in [0.5, 0.6) is 0 Å². The first-order chi connectivity index (χ1) is 9.18. The molecule has 2 heterocycles. The lowest BCUT2D eigenvalue weighted by atomic mass is 9.97. The standard InChI is InChI=1S/C14H18N2O3/c17-13(18)5-4-12-3-1-2-10-16(12)14(19)11-6-8-15-9-7-11/h6-9,12H,1-5,10H2,(H,17,18)/t12-/m1/s1. The second-order valence-corrected chi connectivity index (χ2v) is 4.82. The van der Waals surface area contributed by atoms with E-state index in [1.807, 2.05) is 4.90 Å². The number of carboxylic acids is 1. The van der Waals surface area contributed by atoms with Crippen LogP contribution in [0.4, 0.5) is 0 Å². The van der Waals surface area contributed by atoms with E-state index in [1.165, 1.54) is 0 Å². The Hall–Kier alpha value is -1.91. The Labute approximate surface area is 112 Å². The number of hydrogen-bond acceptors (Lipinski definition) is 3. The van der Waals surface area contributed by atoms with Crippen molar-refractivity contribution in [3.8, 4) is 0 Å². The summed E-state index contributed by atoms with van der Waals surface area (Å²) in [5.74, 6) is -0.820. The molecule has 0 aromatic carbocycles. The third kappa shape index (κ3) is 3.53. The summed E-state index contributed by atoms with van der Waals surface area (Å²) in [6.45, 7) is 0.714. The summed E-state index contributed by atoms with van der Waals surface area (Å²) < 4.78 is 0. The molecule has 1 aliphatic rings. The largest absolute Gasteiger partial charge is 0.481 e. The van der Waals surface area contributed by atoms with E-state index in [-0.39, 0.29) is 18.4 Å². The molecular formula is C14H18N2O3. The lowest BCUT2D eigenvalue weighted by molar-refractivity contribution is -0.137. The summed E-state index contributed by atoms with van der Waals surface area (Å²) in [5.41, 5.74) is 0.622. The van der Waals surface area contributed by atoms with E-state index >= 15 is 0 Å². The number of rotatable bonds is 4. The van der Waals surface area contributed by atoms with Gasteiger partial charge in [-0.25, -0.2) is 0 Å². The highest BCUT2D eigenvalue weighted by atomic mass is 16.4. The Bertz CT molecular complexity index is 447. The average Bonchev–Trinajstić information content (AvgIpc) is 2.45. The molecule has 102 valence electrons. The molecule has 0 aliphatic carbocycles. The molecular weight excluding hydrogens is 244 g/mol.